The van der Waals surface area contributed by atoms with Gasteiger partial charge in [0.2, 0.25) is 11.8 Å². The lowest BCUT2D eigenvalue weighted by atomic mass is 10.0. The van der Waals surface area contributed by atoms with Crippen molar-refractivity contribution in [1.82, 2.24) is 10.2 Å². The highest BCUT2D eigenvalue weighted by atomic mass is 35.5. The topological polar surface area (TPSA) is 49.4 Å². The highest BCUT2D eigenvalue weighted by molar-refractivity contribution is 6.36. The van der Waals surface area contributed by atoms with Crippen LogP contribution in [0.3, 0.4) is 0 Å². The number of nitrogens with zero attached hydrogens (tertiary/aromatic N) is 1. The molecule has 0 saturated carbocycles. The van der Waals surface area contributed by atoms with Gasteiger partial charge in [0.05, 0.1) is 0 Å². The third kappa shape index (κ3) is 7.55. The SMILES string of the molecule is CC[C@H](C(=O)NCC(C)C)N(Cc1c(Cl)cccc1Cl)C(=O)CCc1ccc(C)cc1. The van der Waals surface area contributed by atoms with Gasteiger partial charge in [-0.15, -0.1) is 0 Å². The molecule has 168 valence electrons. The van der Waals surface area contributed by atoms with Gasteiger partial charge in [0.1, 0.15) is 6.04 Å². The molecule has 0 spiro atoms. The fraction of sp³-hybridized carbons (Fsp3) is 0.440. The summed E-state index contributed by atoms with van der Waals surface area (Å²) >= 11 is 12.7. The molecule has 1 atom stereocenters. The van der Waals surface area contributed by atoms with E-state index in [4.69, 9.17) is 23.2 Å². The third-order valence-electron chi connectivity index (χ3n) is 5.21. The molecule has 1 N–H and O–H groups in total. The van der Waals surface area contributed by atoms with Crippen molar-refractivity contribution < 1.29 is 9.59 Å². The number of aryl methyl sites for hydroxylation is 2. The summed E-state index contributed by atoms with van der Waals surface area (Å²) in [5, 5.41) is 3.94. The van der Waals surface area contributed by atoms with E-state index in [0.717, 1.165) is 5.56 Å². The Bertz CT molecular complexity index is 861. The van der Waals surface area contributed by atoms with Crippen molar-refractivity contribution in [3.63, 3.8) is 0 Å². The summed E-state index contributed by atoms with van der Waals surface area (Å²) < 4.78 is 0. The van der Waals surface area contributed by atoms with Crippen LogP contribution >= 0.6 is 23.2 Å². The van der Waals surface area contributed by atoms with Crippen molar-refractivity contribution in [1.29, 1.82) is 0 Å². The minimum Gasteiger partial charge on any atom is -0.354 e. The first kappa shape index (κ1) is 25.2. The Balaban J connectivity index is 2.25. The van der Waals surface area contributed by atoms with Gasteiger partial charge in [-0.2, -0.15) is 0 Å². The van der Waals surface area contributed by atoms with Gasteiger partial charge >= 0.3 is 0 Å². The molecular formula is C25H32Cl2N2O2. The molecule has 0 bridgehead atoms. The lowest BCUT2D eigenvalue weighted by Crippen LogP contribution is -2.49. The van der Waals surface area contributed by atoms with Crippen LogP contribution in [0.4, 0.5) is 0 Å². The number of nitrogens with one attached hydrogen (secondary N) is 1. The van der Waals surface area contributed by atoms with Gasteiger partial charge in [-0.3, -0.25) is 9.59 Å². The lowest BCUT2D eigenvalue weighted by molar-refractivity contribution is -0.141. The van der Waals surface area contributed by atoms with Crippen LogP contribution in [0, 0.1) is 12.8 Å². The lowest BCUT2D eigenvalue weighted by Gasteiger charge is -2.31. The Kier molecular flexibility index (Phi) is 9.86. The number of hydrogen-bond acceptors (Lipinski definition) is 2. The normalized spacial score (nSPS) is 12.0. The summed E-state index contributed by atoms with van der Waals surface area (Å²) in [4.78, 5) is 27.9. The number of rotatable bonds is 10. The number of carbonyl (C=O) groups is 2. The van der Waals surface area contributed by atoms with Crippen LogP contribution in [0.5, 0.6) is 0 Å². The van der Waals surface area contributed by atoms with E-state index in [9.17, 15) is 9.59 Å². The van der Waals surface area contributed by atoms with Gasteiger partial charge < -0.3 is 10.2 Å². The molecule has 0 aromatic heterocycles. The van der Waals surface area contributed by atoms with Crippen molar-refractivity contribution in [2.75, 3.05) is 6.54 Å². The minimum atomic E-state index is -0.586. The third-order valence-corrected chi connectivity index (χ3v) is 5.92. The maximum absolute atomic E-state index is 13.3. The summed E-state index contributed by atoms with van der Waals surface area (Å²) in [5.41, 5.74) is 2.93. The predicted molar refractivity (Wildman–Crippen MR) is 128 cm³/mol. The fourth-order valence-electron chi connectivity index (χ4n) is 3.35. The van der Waals surface area contributed by atoms with Crippen LogP contribution in [0.2, 0.25) is 10.0 Å². The molecule has 4 nitrogen and oxygen atoms in total. The Morgan fingerprint density at radius 3 is 2.19 bits per heavy atom. The van der Waals surface area contributed by atoms with Crippen LogP contribution in [-0.4, -0.2) is 29.3 Å². The second-order valence-electron chi connectivity index (χ2n) is 8.27. The molecule has 6 heteroatoms. The molecule has 2 rings (SSSR count). The maximum Gasteiger partial charge on any atom is 0.242 e. The zero-order valence-corrected chi connectivity index (χ0v) is 20.3. The summed E-state index contributed by atoms with van der Waals surface area (Å²) in [6.45, 7) is 8.77. The molecule has 0 fully saturated rings. The van der Waals surface area contributed by atoms with Gasteiger partial charge in [-0.25, -0.2) is 0 Å². The molecule has 2 amide bonds. The zero-order chi connectivity index (χ0) is 23.0. The average molecular weight is 463 g/mol. The second kappa shape index (κ2) is 12.1. The van der Waals surface area contributed by atoms with Crippen molar-refractivity contribution >= 4 is 35.0 Å². The van der Waals surface area contributed by atoms with Gasteiger partial charge in [0, 0.05) is 35.1 Å². The summed E-state index contributed by atoms with van der Waals surface area (Å²) in [6, 6.07) is 12.8. The van der Waals surface area contributed by atoms with E-state index in [0.29, 0.717) is 47.3 Å². The van der Waals surface area contributed by atoms with E-state index in [1.54, 1.807) is 23.1 Å². The van der Waals surface area contributed by atoms with E-state index >= 15 is 0 Å². The minimum absolute atomic E-state index is 0.0943. The van der Waals surface area contributed by atoms with Gasteiger partial charge in [0.15, 0.2) is 0 Å². The molecule has 0 unspecified atom stereocenters. The van der Waals surface area contributed by atoms with Crippen molar-refractivity contribution in [3.05, 3.63) is 69.2 Å². The van der Waals surface area contributed by atoms with Crippen LogP contribution < -0.4 is 5.32 Å². The Labute approximate surface area is 195 Å². The van der Waals surface area contributed by atoms with E-state index in [-0.39, 0.29) is 18.4 Å². The molecular weight excluding hydrogens is 431 g/mol. The van der Waals surface area contributed by atoms with Gasteiger partial charge in [-0.05, 0) is 43.4 Å². The first-order valence-corrected chi connectivity index (χ1v) is 11.5. The number of hydrogen-bond donors (Lipinski definition) is 1. The molecule has 2 aromatic carbocycles. The van der Waals surface area contributed by atoms with Crippen LogP contribution in [0.1, 0.15) is 50.3 Å². The first-order chi connectivity index (χ1) is 14.7. The Hall–Kier alpha value is -2.04. The Morgan fingerprint density at radius 2 is 1.65 bits per heavy atom. The highest BCUT2D eigenvalue weighted by Gasteiger charge is 2.29. The van der Waals surface area contributed by atoms with E-state index in [1.807, 2.05) is 52.0 Å². The standard InChI is InChI=1S/C25H32Cl2N2O2/c1-5-23(25(31)28-15-17(2)3)29(16-20-21(26)7-6-8-22(20)27)24(30)14-13-19-11-9-18(4)10-12-19/h6-12,17,23H,5,13-16H2,1-4H3,(H,28,31)/t23-/m1/s1. The van der Waals surface area contributed by atoms with Crippen LogP contribution in [-0.2, 0) is 22.6 Å². The van der Waals surface area contributed by atoms with Crippen molar-refractivity contribution in [2.45, 2.75) is 59.5 Å². The van der Waals surface area contributed by atoms with E-state index in [1.165, 1.54) is 5.56 Å². The predicted octanol–water partition coefficient (Wildman–Crippen LogP) is 5.81. The number of halogens is 2. The van der Waals surface area contributed by atoms with Crippen molar-refractivity contribution in [2.24, 2.45) is 5.92 Å². The number of amides is 2. The maximum atomic E-state index is 13.3. The highest BCUT2D eigenvalue weighted by Crippen LogP contribution is 2.27. The monoisotopic (exact) mass is 462 g/mol. The van der Waals surface area contributed by atoms with E-state index in [2.05, 4.69) is 5.32 Å². The van der Waals surface area contributed by atoms with Crippen LogP contribution in [0.25, 0.3) is 0 Å². The quantitative estimate of drug-likeness (QED) is 0.483. The largest absolute Gasteiger partial charge is 0.354 e. The fourth-order valence-corrected chi connectivity index (χ4v) is 3.86. The summed E-state index contributed by atoms with van der Waals surface area (Å²) in [6.07, 6.45) is 1.41. The smallest absolute Gasteiger partial charge is 0.242 e. The summed E-state index contributed by atoms with van der Waals surface area (Å²) in [5.74, 6) is 0.0799. The Morgan fingerprint density at radius 1 is 1.03 bits per heavy atom. The van der Waals surface area contributed by atoms with Gasteiger partial charge in [0.25, 0.3) is 0 Å². The number of carbonyl (C=O) groups excluding carboxylic acids is 2. The van der Waals surface area contributed by atoms with Gasteiger partial charge in [-0.1, -0.05) is 79.9 Å². The second-order valence-corrected chi connectivity index (χ2v) is 9.08. The van der Waals surface area contributed by atoms with Crippen molar-refractivity contribution in [3.8, 4) is 0 Å². The molecule has 0 aliphatic rings. The molecule has 0 aliphatic heterocycles. The molecule has 2 aromatic rings. The molecule has 0 radical (unpaired) electrons. The molecule has 0 heterocycles. The summed E-state index contributed by atoms with van der Waals surface area (Å²) in [7, 11) is 0. The molecule has 31 heavy (non-hydrogen) atoms. The van der Waals surface area contributed by atoms with E-state index < -0.39 is 6.04 Å². The first-order valence-electron chi connectivity index (χ1n) is 10.8. The zero-order valence-electron chi connectivity index (χ0n) is 18.8. The molecule has 0 aliphatic carbocycles. The molecule has 0 saturated heterocycles. The van der Waals surface area contributed by atoms with Crippen LogP contribution in [0.15, 0.2) is 42.5 Å². The number of benzene rings is 2. The average Bonchev–Trinajstić information content (AvgIpc) is 2.73.